The van der Waals surface area contributed by atoms with Crippen molar-refractivity contribution in [3.63, 3.8) is 0 Å². The van der Waals surface area contributed by atoms with Gasteiger partial charge in [-0.05, 0) is 39.0 Å². The van der Waals surface area contributed by atoms with Crippen LogP contribution in [0.15, 0.2) is 11.3 Å². The molecule has 0 amide bonds. The van der Waals surface area contributed by atoms with E-state index in [1.807, 2.05) is 0 Å². The van der Waals surface area contributed by atoms with Gasteiger partial charge in [-0.3, -0.25) is 0 Å². The van der Waals surface area contributed by atoms with Crippen molar-refractivity contribution in [2.45, 2.75) is 65.7 Å². The SMILES string of the molecule is CCCCN1CCCCC/C1=C(/C)CC. The van der Waals surface area contributed by atoms with Gasteiger partial charge in [-0.15, -0.1) is 0 Å². The number of hydrogen-bond donors (Lipinski definition) is 0. The lowest BCUT2D eigenvalue weighted by atomic mass is 10.1. The van der Waals surface area contributed by atoms with E-state index < -0.39 is 0 Å². The van der Waals surface area contributed by atoms with Gasteiger partial charge in [0.15, 0.2) is 0 Å². The Kier molecular flexibility index (Phi) is 5.82. The van der Waals surface area contributed by atoms with Crippen LogP contribution in [0.5, 0.6) is 0 Å². The first kappa shape index (κ1) is 12.6. The van der Waals surface area contributed by atoms with Gasteiger partial charge in [-0.2, -0.15) is 0 Å². The third-order valence-electron chi connectivity index (χ3n) is 3.53. The van der Waals surface area contributed by atoms with Crippen LogP contribution in [0.2, 0.25) is 0 Å². The molecule has 0 bridgehead atoms. The van der Waals surface area contributed by atoms with Gasteiger partial charge in [0.2, 0.25) is 0 Å². The quantitative estimate of drug-likeness (QED) is 0.665. The Balaban J connectivity index is 2.67. The summed E-state index contributed by atoms with van der Waals surface area (Å²) < 4.78 is 0. The first-order valence-electron chi connectivity index (χ1n) is 6.73. The fourth-order valence-electron chi connectivity index (χ4n) is 2.35. The maximum absolute atomic E-state index is 2.66. The molecule has 0 aromatic rings. The predicted molar refractivity (Wildman–Crippen MR) is 67.9 cm³/mol. The summed E-state index contributed by atoms with van der Waals surface area (Å²) in [4.78, 5) is 2.66. The van der Waals surface area contributed by atoms with Gasteiger partial charge in [-0.25, -0.2) is 0 Å². The smallest absolute Gasteiger partial charge is 0.0174 e. The monoisotopic (exact) mass is 209 g/mol. The normalized spacial score (nSPS) is 21.4. The van der Waals surface area contributed by atoms with Gasteiger partial charge in [0.25, 0.3) is 0 Å². The van der Waals surface area contributed by atoms with Gasteiger partial charge in [-0.1, -0.05) is 32.3 Å². The van der Waals surface area contributed by atoms with E-state index in [2.05, 4.69) is 25.7 Å². The fraction of sp³-hybridized carbons (Fsp3) is 0.857. The van der Waals surface area contributed by atoms with Crippen LogP contribution >= 0.6 is 0 Å². The standard InChI is InChI=1S/C14H27N/c1-4-6-11-15-12-9-7-8-10-14(15)13(3)5-2/h4-12H2,1-3H3/b14-13+. The average Bonchev–Trinajstić information content (AvgIpc) is 2.50. The van der Waals surface area contributed by atoms with Gasteiger partial charge >= 0.3 is 0 Å². The predicted octanol–water partition coefficient (Wildman–Crippen LogP) is 4.35. The summed E-state index contributed by atoms with van der Waals surface area (Å²) in [6, 6.07) is 0. The van der Waals surface area contributed by atoms with E-state index in [0.717, 1.165) is 0 Å². The molecule has 15 heavy (non-hydrogen) atoms. The van der Waals surface area contributed by atoms with Crippen molar-refractivity contribution < 1.29 is 0 Å². The molecule has 1 fully saturated rings. The van der Waals surface area contributed by atoms with Crippen molar-refractivity contribution in [1.82, 2.24) is 4.90 Å². The Morgan fingerprint density at radius 2 is 2.00 bits per heavy atom. The molecule has 1 heterocycles. The lowest BCUT2D eigenvalue weighted by molar-refractivity contribution is 0.333. The highest BCUT2D eigenvalue weighted by molar-refractivity contribution is 5.11. The van der Waals surface area contributed by atoms with Crippen LogP contribution in [0.1, 0.15) is 65.7 Å². The van der Waals surface area contributed by atoms with Gasteiger partial charge in [0.05, 0.1) is 0 Å². The Morgan fingerprint density at radius 3 is 2.67 bits per heavy atom. The molecular formula is C14H27N. The van der Waals surface area contributed by atoms with E-state index in [1.165, 1.54) is 58.0 Å². The lowest BCUT2D eigenvalue weighted by Crippen LogP contribution is -2.25. The van der Waals surface area contributed by atoms with Crippen LogP contribution in [0.4, 0.5) is 0 Å². The van der Waals surface area contributed by atoms with Crippen LogP contribution in [0, 0.1) is 0 Å². The lowest BCUT2D eigenvalue weighted by Gasteiger charge is -2.27. The number of likely N-dealkylation sites (tertiary alicyclic amines) is 1. The second kappa shape index (κ2) is 6.92. The Bertz CT molecular complexity index is 205. The summed E-state index contributed by atoms with van der Waals surface area (Å²) in [5.74, 6) is 0. The maximum Gasteiger partial charge on any atom is 0.0174 e. The molecule has 0 radical (unpaired) electrons. The number of allylic oxidation sites excluding steroid dienone is 2. The van der Waals surface area contributed by atoms with E-state index in [-0.39, 0.29) is 0 Å². The highest BCUT2D eigenvalue weighted by atomic mass is 15.1. The topological polar surface area (TPSA) is 3.24 Å². The zero-order chi connectivity index (χ0) is 11.1. The molecule has 1 saturated heterocycles. The summed E-state index contributed by atoms with van der Waals surface area (Å²) in [5, 5.41) is 0. The third kappa shape index (κ3) is 3.89. The van der Waals surface area contributed by atoms with Crippen molar-refractivity contribution in [2.75, 3.05) is 13.1 Å². The largest absolute Gasteiger partial charge is 0.375 e. The molecule has 1 nitrogen and oxygen atoms in total. The fourth-order valence-corrected chi connectivity index (χ4v) is 2.35. The highest BCUT2D eigenvalue weighted by Gasteiger charge is 2.14. The van der Waals surface area contributed by atoms with Crippen molar-refractivity contribution >= 4 is 0 Å². The van der Waals surface area contributed by atoms with Crippen LogP contribution in [-0.4, -0.2) is 18.0 Å². The Hall–Kier alpha value is -0.460. The van der Waals surface area contributed by atoms with Crippen LogP contribution in [-0.2, 0) is 0 Å². The first-order valence-corrected chi connectivity index (χ1v) is 6.73. The van der Waals surface area contributed by atoms with E-state index >= 15 is 0 Å². The highest BCUT2D eigenvalue weighted by Crippen LogP contribution is 2.24. The molecule has 0 atom stereocenters. The van der Waals surface area contributed by atoms with Crippen LogP contribution in [0.3, 0.4) is 0 Å². The Morgan fingerprint density at radius 1 is 1.20 bits per heavy atom. The maximum atomic E-state index is 2.66. The van der Waals surface area contributed by atoms with Crippen LogP contribution in [0.25, 0.3) is 0 Å². The molecule has 0 saturated carbocycles. The van der Waals surface area contributed by atoms with Crippen molar-refractivity contribution in [3.05, 3.63) is 11.3 Å². The molecule has 1 rings (SSSR count). The molecule has 0 aromatic carbocycles. The zero-order valence-corrected chi connectivity index (χ0v) is 10.8. The molecule has 1 aliphatic heterocycles. The van der Waals surface area contributed by atoms with E-state index in [4.69, 9.17) is 0 Å². The minimum atomic E-state index is 1.22. The zero-order valence-electron chi connectivity index (χ0n) is 10.8. The molecule has 0 aromatic heterocycles. The molecule has 0 N–H and O–H groups in total. The minimum absolute atomic E-state index is 1.22. The first-order chi connectivity index (χ1) is 7.29. The van der Waals surface area contributed by atoms with Crippen molar-refractivity contribution in [1.29, 1.82) is 0 Å². The molecule has 1 heteroatoms. The summed E-state index contributed by atoms with van der Waals surface area (Å²) in [7, 11) is 0. The van der Waals surface area contributed by atoms with Gasteiger partial charge < -0.3 is 4.90 Å². The van der Waals surface area contributed by atoms with Crippen molar-refractivity contribution in [3.8, 4) is 0 Å². The summed E-state index contributed by atoms with van der Waals surface area (Å²) in [5.41, 5.74) is 3.29. The molecule has 0 aliphatic carbocycles. The third-order valence-corrected chi connectivity index (χ3v) is 3.53. The van der Waals surface area contributed by atoms with Gasteiger partial charge in [0.1, 0.15) is 0 Å². The molecule has 88 valence electrons. The molecule has 0 spiro atoms. The second-order valence-electron chi connectivity index (χ2n) is 4.73. The minimum Gasteiger partial charge on any atom is -0.375 e. The van der Waals surface area contributed by atoms with E-state index in [0.29, 0.717) is 0 Å². The van der Waals surface area contributed by atoms with Gasteiger partial charge in [0, 0.05) is 18.8 Å². The van der Waals surface area contributed by atoms with E-state index in [1.54, 1.807) is 11.3 Å². The molecule has 1 aliphatic rings. The summed E-state index contributed by atoms with van der Waals surface area (Å²) in [6.07, 6.45) is 9.42. The number of hydrogen-bond acceptors (Lipinski definition) is 1. The average molecular weight is 209 g/mol. The summed E-state index contributed by atoms with van der Waals surface area (Å²) >= 11 is 0. The molecular weight excluding hydrogens is 182 g/mol. The number of unbranched alkanes of at least 4 members (excludes halogenated alkanes) is 1. The number of nitrogens with zero attached hydrogens (tertiary/aromatic N) is 1. The van der Waals surface area contributed by atoms with Crippen LogP contribution < -0.4 is 0 Å². The van der Waals surface area contributed by atoms with E-state index in [9.17, 15) is 0 Å². The molecule has 0 unspecified atom stereocenters. The Labute approximate surface area is 95.5 Å². The number of rotatable bonds is 4. The van der Waals surface area contributed by atoms with Crippen molar-refractivity contribution in [2.24, 2.45) is 0 Å². The second-order valence-corrected chi connectivity index (χ2v) is 4.73. The summed E-state index contributed by atoms with van der Waals surface area (Å²) in [6.45, 7) is 9.47.